The van der Waals surface area contributed by atoms with Gasteiger partial charge in [0.1, 0.15) is 0 Å². The summed E-state index contributed by atoms with van der Waals surface area (Å²) in [5.74, 6) is 0. The van der Waals surface area contributed by atoms with Gasteiger partial charge in [-0.15, -0.1) is 0 Å². The van der Waals surface area contributed by atoms with Gasteiger partial charge >= 0.3 is 51.4 Å². The molecule has 0 aliphatic rings. The first kappa shape index (κ1) is 15.6. The first-order valence-electron chi connectivity index (χ1n) is 1.41. The Morgan fingerprint density at radius 2 is 1.83 bits per heavy atom. The number of rotatable bonds is 1. The molecule has 0 rings (SSSR count). The van der Waals surface area contributed by atoms with Crippen molar-refractivity contribution in [2.45, 2.75) is 6.92 Å². The maximum absolute atomic E-state index is 3.35. The van der Waals surface area contributed by atoms with Crippen LogP contribution in [-0.4, -0.2) is 6.54 Å². The molecule has 0 saturated carbocycles. The van der Waals surface area contributed by atoms with Gasteiger partial charge in [-0.05, 0) is 6.54 Å². The third kappa shape index (κ3) is 17.5. The average Bonchev–Trinajstić information content (AvgIpc) is 1.37. The van der Waals surface area contributed by atoms with E-state index in [0.29, 0.717) is 0 Å². The van der Waals surface area contributed by atoms with E-state index in [9.17, 15) is 0 Å². The van der Waals surface area contributed by atoms with Crippen molar-refractivity contribution in [2.24, 2.45) is 0 Å². The van der Waals surface area contributed by atoms with Crippen LogP contribution in [0.2, 0.25) is 0 Å². The molecule has 6 heavy (non-hydrogen) atoms. The Balaban J connectivity index is -0.0000000450. The van der Waals surface area contributed by atoms with Crippen LogP contribution in [0.15, 0.2) is 0 Å². The van der Waals surface area contributed by atoms with Crippen molar-refractivity contribution in [3.05, 3.63) is 14.5 Å². The summed E-state index contributed by atoms with van der Waals surface area (Å²) in [5, 5.41) is 2.68. The van der Waals surface area contributed by atoms with E-state index < -0.39 is 0 Å². The molecule has 0 aromatic heterocycles. The van der Waals surface area contributed by atoms with Crippen LogP contribution in [0.1, 0.15) is 6.92 Å². The Hall–Kier alpha value is 1.60. The van der Waals surface area contributed by atoms with Crippen molar-refractivity contribution in [1.82, 2.24) is 5.32 Å². The Bertz CT molecular complexity index is 9.51. The van der Waals surface area contributed by atoms with Crippen molar-refractivity contribution in [2.75, 3.05) is 6.54 Å². The molecule has 0 atom stereocenters. The van der Waals surface area contributed by atoms with E-state index in [0.717, 1.165) is 6.54 Å². The predicted molar refractivity (Wildman–Crippen MR) is 25.4 cm³/mol. The summed E-state index contributed by atoms with van der Waals surface area (Å²) in [4.78, 5) is 0. The first-order valence-corrected chi connectivity index (χ1v) is 1.41. The minimum absolute atomic E-state index is 0. The zero-order chi connectivity index (χ0) is 3.41. The maximum atomic E-state index is 3.35. The van der Waals surface area contributed by atoms with Gasteiger partial charge in [-0.25, -0.2) is 0 Å². The van der Waals surface area contributed by atoms with E-state index in [1.165, 1.54) is 0 Å². The van der Waals surface area contributed by atoms with Gasteiger partial charge in [0.15, 0.2) is 0 Å². The third-order valence-electron chi connectivity index (χ3n) is 0.250. The summed E-state index contributed by atoms with van der Waals surface area (Å²) in [7, 11) is 3.35. The molecule has 0 aromatic carbocycles. The fourth-order valence-electron chi connectivity index (χ4n) is 0. The molecule has 0 radical (unpaired) electrons. The van der Waals surface area contributed by atoms with Crippen LogP contribution in [0.3, 0.4) is 0 Å². The van der Waals surface area contributed by atoms with Crippen LogP contribution < -0.4 is 56.7 Å². The normalized spacial score (nSPS) is 5.00. The minimum Gasteiger partial charge on any atom is -0.473 e. The Morgan fingerprint density at radius 3 is 1.83 bits per heavy atom. The Labute approximate surface area is 83.3 Å². The molecule has 0 spiro atoms. The fourth-order valence-corrected chi connectivity index (χ4v) is 0. The summed E-state index contributed by atoms with van der Waals surface area (Å²) in [6.07, 6.45) is 0. The Morgan fingerprint density at radius 1 is 1.67 bits per heavy atom. The van der Waals surface area contributed by atoms with Crippen LogP contribution in [0.5, 0.6) is 0 Å². The largest absolute Gasteiger partial charge is 1.00 e. The topological polar surface area (TPSA) is 12.0 Å². The monoisotopic (exact) mass is 112 g/mol. The van der Waals surface area contributed by atoms with E-state index in [-0.39, 0.29) is 58.8 Å². The van der Waals surface area contributed by atoms with Crippen molar-refractivity contribution < 1.29 is 51.4 Å². The molecule has 0 unspecified atom stereocenters. The SMILES string of the molecule is [CH2-]NCC.[CH3-].[K+]. The smallest absolute Gasteiger partial charge is 0.473 e. The molecular weight excluding hydrogens is 101 g/mol. The molecule has 0 aromatic rings. The molecule has 0 aliphatic heterocycles. The second-order valence-corrected chi connectivity index (χ2v) is 0.604. The number of nitrogens with one attached hydrogen (secondary N) is 1. The van der Waals surface area contributed by atoms with E-state index in [2.05, 4.69) is 12.4 Å². The van der Waals surface area contributed by atoms with Crippen molar-refractivity contribution in [3.8, 4) is 0 Å². The summed E-state index contributed by atoms with van der Waals surface area (Å²) in [6.45, 7) is 2.97. The molecule has 0 aliphatic carbocycles. The standard InChI is InChI=1S/C3H8N.CH3.K/c1-3-4-2;;/h4H,2-3H2,1H3;1H3;/q2*-1;+1. The third-order valence-corrected chi connectivity index (χ3v) is 0.250. The van der Waals surface area contributed by atoms with Gasteiger partial charge in [-0.2, -0.15) is 0 Å². The molecule has 2 heteroatoms. The molecule has 34 valence electrons. The van der Waals surface area contributed by atoms with Gasteiger partial charge in [0.25, 0.3) is 0 Å². The molecule has 1 nitrogen and oxygen atoms in total. The molecular formula is C4H11KN-. The molecule has 0 amide bonds. The predicted octanol–water partition coefficient (Wildman–Crippen LogP) is -2.16. The zero-order valence-electron chi connectivity index (χ0n) is 4.91. The fraction of sp³-hybridized carbons (Fsp3) is 0.500. The average molecular weight is 112 g/mol. The van der Waals surface area contributed by atoms with Gasteiger partial charge in [0.05, 0.1) is 0 Å². The van der Waals surface area contributed by atoms with Gasteiger partial charge < -0.3 is 12.7 Å². The molecule has 0 heterocycles. The van der Waals surface area contributed by atoms with E-state index in [1.54, 1.807) is 0 Å². The molecule has 0 fully saturated rings. The second-order valence-electron chi connectivity index (χ2n) is 0.604. The van der Waals surface area contributed by atoms with Crippen LogP contribution in [0.25, 0.3) is 0 Å². The van der Waals surface area contributed by atoms with Gasteiger partial charge in [0.2, 0.25) is 0 Å². The summed E-state index contributed by atoms with van der Waals surface area (Å²) < 4.78 is 0. The van der Waals surface area contributed by atoms with Crippen LogP contribution >= 0.6 is 0 Å². The van der Waals surface area contributed by atoms with Gasteiger partial charge in [-0.1, -0.05) is 6.92 Å². The van der Waals surface area contributed by atoms with Crippen molar-refractivity contribution >= 4 is 0 Å². The van der Waals surface area contributed by atoms with E-state index in [1.807, 2.05) is 6.92 Å². The van der Waals surface area contributed by atoms with E-state index in [4.69, 9.17) is 0 Å². The summed E-state index contributed by atoms with van der Waals surface area (Å²) in [5.41, 5.74) is 0. The van der Waals surface area contributed by atoms with Crippen LogP contribution in [-0.2, 0) is 0 Å². The van der Waals surface area contributed by atoms with Gasteiger partial charge in [0, 0.05) is 0 Å². The van der Waals surface area contributed by atoms with Gasteiger partial charge in [-0.3, -0.25) is 7.05 Å². The summed E-state index contributed by atoms with van der Waals surface area (Å²) >= 11 is 0. The summed E-state index contributed by atoms with van der Waals surface area (Å²) in [6, 6.07) is 0. The quantitative estimate of drug-likeness (QED) is 0.301. The first-order chi connectivity index (χ1) is 1.91. The number of hydrogen-bond acceptors (Lipinski definition) is 1. The zero-order valence-corrected chi connectivity index (χ0v) is 8.04. The van der Waals surface area contributed by atoms with Crippen LogP contribution in [0.4, 0.5) is 0 Å². The van der Waals surface area contributed by atoms with Crippen molar-refractivity contribution in [3.63, 3.8) is 0 Å². The molecule has 0 bridgehead atoms. The number of hydrogen-bond donors (Lipinski definition) is 1. The second kappa shape index (κ2) is 16.0. The minimum atomic E-state index is 0. The molecule has 1 N–H and O–H groups in total. The van der Waals surface area contributed by atoms with Crippen molar-refractivity contribution in [1.29, 1.82) is 0 Å². The van der Waals surface area contributed by atoms with E-state index >= 15 is 0 Å². The maximum Gasteiger partial charge on any atom is 1.00 e. The Kier molecular flexibility index (Phi) is 41.7. The van der Waals surface area contributed by atoms with Crippen LogP contribution in [0, 0.1) is 14.5 Å². The molecule has 0 saturated heterocycles.